The number of hydrogen-bond acceptors (Lipinski definition) is 3. The van der Waals surface area contributed by atoms with E-state index in [1.807, 2.05) is 31.2 Å². The van der Waals surface area contributed by atoms with Gasteiger partial charge in [-0.1, -0.05) is 73.1 Å². The first-order valence-electron chi connectivity index (χ1n) is 9.49. The summed E-state index contributed by atoms with van der Waals surface area (Å²) < 4.78 is 0.872. The number of ketones is 1. The molecule has 0 radical (unpaired) electrons. The van der Waals surface area contributed by atoms with Crippen LogP contribution in [0.4, 0.5) is 0 Å². The fourth-order valence-electron chi connectivity index (χ4n) is 3.52. The number of benzene rings is 2. The van der Waals surface area contributed by atoms with Gasteiger partial charge in [0.2, 0.25) is 0 Å². The lowest BCUT2D eigenvalue weighted by Gasteiger charge is -2.25. The smallest absolute Gasteiger partial charge is 0.295 e. The normalized spacial score (nSPS) is 18.9. The molecule has 4 nitrogen and oxygen atoms in total. The predicted octanol–water partition coefficient (Wildman–Crippen LogP) is 5.40. The molecule has 2 aromatic carbocycles. The minimum Gasteiger partial charge on any atom is -0.507 e. The molecule has 0 saturated carbocycles. The number of aliphatic hydroxyl groups is 1. The number of rotatable bonds is 5. The van der Waals surface area contributed by atoms with Crippen LogP contribution in [0.2, 0.25) is 0 Å². The molecule has 1 fully saturated rings. The third-order valence-electron chi connectivity index (χ3n) is 5.04. The van der Waals surface area contributed by atoms with Crippen molar-refractivity contribution in [1.29, 1.82) is 0 Å². The second-order valence-corrected chi connectivity index (χ2v) is 8.24. The quantitative estimate of drug-likeness (QED) is 0.383. The van der Waals surface area contributed by atoms with E-state index >= 15 is 0 Å². The minimum absolute atomic E-state index is 0.137. The highest BCUT2D eigenvalue weighted by molar-refractivity contribution is 9.10. The van der Waals surface area contributed by atoms with Crippen LogP contribution in [0.1, 0.15) is 55.8 Å². The van der Waals surface area contributed by atoms with Crippen molar-refractivity contribution in [2.45, 2.75) is 39.2 Å². The third kappa shape index (κ3) is 3.76. The van der Waals surface area contributed by atoms with E-state index < -0.39 is 17.7 Å². The zero-order valence-corrected chi connectivity index (χ0v) is 17.9. The standard InChI is InChI=1S/C23H24BrNO3/c1-4-13-25-20(16-7-5-15(6-8-16)14(2)3)19(22(27)23(25)28)21(26)17-9-11-18(24)12-10-17/h5-12,14,20,26H,4,13H2,1-3H3/b21-19-. The number of carbonyl (C=O) groups excluding carboxylic acids is 2. The van der Waals surface area contributed by atoms with Crippen molar-refractivity contribution in [3.63, 3.8) is 0 Å². The Labute approximate surface area is 174 Å². The predicted molar refractivity (Wildman–Crippen MR) is 114 cm³/mol. The summed E-state index contributed by atoms with van der Waals surface area (Å²) in [5.41, 5.74) is 2.68. The average Bonchev–Trinajstić information content (AvgIpc) is 2.93. The van der Waals surface area contributed by atoms with Gasteiger partial charge in [-0.05, 0) is 35.6 Å². The van der Waals surface area contributed by atoms with E-state index in [0.717, 1.165) is 16.5 Å². The lowest BCUT2D eigenvalue weighted by molar-refractivity contribution is -0.139. The molecule has 0 aromatic heterocycles. The van der Waals surface area contributed by atoms with Crippen LogP contribution < -0.4 is 0 Å². The number of amides is 1. The van der Waals surface area contributed by atoms with Crippen LogP contribution in [0.5, 0.6) is 0 Å². The Kier molecular flexibility index (Phi) is 6.04. The van der Waals surface area contributed by atoms with Crippen molar-refractivity contribution < 1.29 is 14.7 Å². The number of Topliss-reactive ketones (excluding diaryl/α,β-unsaturated/α-hetero) is 1. The molecule has 1 N–H and O–H groups in total. The first-order chi connectivity index (χ1) is 13.3. The van der Waals surface area contributed by atoms with Crippen LogP contribution in [0, 0.1) is 0 Å². The highest BCUT2D eigenvalue weighted by atomic mass is 79.9. The van der Waals surface area contributed by atoms with E-state index in [4.69, 9.17) is 0 Å². The van der Waals surface area contributed by atoms with Gasteiger partial charge >= 0.3 is 0 Å². The number of carbonyl (C=O) groups is 2. The molecule has 3 rings (SSSR count). The number of hydrogen-bond donors (Lipinski definition) is 1. The van der Waals surface area contributed by atoms with Crippen molar-refractivity contribution in [3.05, 3.63) is 75.3 Å². The molecular formula is C23H24BrNO3. The minimum atomic E-state index is -0.633. The van der Waals surface area contributed by atoms with Crippen LogP contribution in [-0.2, 0) is 9.59 Å². The molecule has 1 saturated heterocycles. The van der Waals surface area contributed by atoms with Crippen molar-refractivity contribution in [2.24, 2.45) is 0 Å². The molecule has 0 spiro atoms. The summed E-state index contributed by atoms with van der Waals surface area (Å²) >= 11 is 3.37. The van der Waals surface area contributed by atoms with Crippen molar-refractivity contribution in [1.82, 2.24) is 4.90 Å². The number of likely N-dealkylation sites (tertiary alicyclic amines) is 1. The van der Waals surface area contributed by atoms with Crippen molar-refractivity contribution in [2.75, 3.05) is 6.54 Å². The lowest BCUT2D eigenvalue weighted by atomic mass is 9.93. The molecule has 28 heavy (non-hydrogen) atoms. The van der Waals surface area contributed by atoms with Gasteiger partial charge in [-0.25, -0.2) is 0 Å². The maximum absolute atomic E-state index is 12.8. The van der Waals surface area contributed by atoms with E-state index in [1.54, 1.807) is 29.2 Å². The molecule has 2 aromatic rings. The van der Waals surface area contributed by atoms with Crippen LogP contribution >= 0.6 is 15.9 Å². The van der Waals surface area contributed by atoms with Gasteiger partial charge < -0.3 is 10.0 Å². The van der Waals surface area contributed by atoms with Gasteiger partial charge in [-0.3, -0.25) is 9.59 Å². The average molecular weight is 442 g/mol. The summed E-state index contributed by atoms with van der Waals surface area (Å²) in [5, 5.41) is 10.9. The Morgan fingerprint density at radius 3 is 2.21 bits per heavy atom. The molecule has 1 heterocycles. The fraction of sp³-hybridized carbons (Fsp3) is 0.304. The van der Waals surface area contributed by atoms with Crippen LogP contribution in [-0.4, -0.2) is 28.2 Å². The maximum atomic E-state index is 12.8. The Morgan fingerprint density at radius 1 is 1.07 bits per heavy atom. The summed E-state index contributed by atoms with van der Waals surface area (Å²) in [6.45, 7) is 6.66. The van der Waals surface area contributed by atoms with Gasteiger partial charge in [0.1, 0.15) is 5.76 Å². The summed E-state index contributed by atoms with van der Waals surface area (Å²) in [4.78, 5) is 27.1. The van der Waals surface area contributed by atoms with E-state index in [1.165, 1.54) is 5.56 Å². The summed E-state index contributed by atoms with van der Waals surface area (Å²) in [6, 6.07) is 14.4. The Bertz CT molecular complexity index is 914. The third-order valence-corrected chi connectivity index (χ3v) is 5.57. The Hall–Kier alpha value is -2.40. The molecule has 1 unspecified atom stereocenters. The summed E-state index contributed by atoms with van der Waals surface area (Å²) in [7, 11) is 0. The maximum Gasteiger partial charge on any atom is 0.295 e. The topological polar surface area (TPSA) is 57.6 Å². The molecule has 1 aliphatic heterocycles. The van der Waals surface area contributed by atoms with Crippen molar-refractivity contribution in [3.8, 4) is 0 Å². The molecule has 146 valence electrons. The van der Waals surface area contributed by atoms with Crippen LogP contribution in [0.15, 0.2) is 58.6 Å². The van der Waals surface area contributed by atoms with Crippen LogP contribution in [0.25, 0.3) is 5.76 Å². The van der Waals surface area contributed by atoms with E-state index in [9.17, 15) is 14.7 Å². The second kappa shape index (κ2) is 8.31. The first-order valence-corrected chi connectivity index (χ1v) is 10.3. The van der Waals surface area contributed by atoms with Gasteiger partial charge in [0.25, 0.3) is 11.7 Å². The molecule has 0 aliphatic carbocycles. The molecule has 5 heteroatoms. The molecule has 0 bridgehead atoms. The monoisotopic (exact) mass is 441 g/mol. The fourth-order valence-corrected chi connectivity index (χ4v) is 3.79. The number of aliphatic hydroxyl groups excluding tert-OH is 1. The molecule has 1 aliphatic rings. The van der Waals surface area contributed by atoms with E-state index in [2.05, 4.69) is 29.8 Å². The van der Waals surface area contributed by atoms with Crippen molar-refractivity contribution >= 4 is 33.4 Å². The molecule has 1 atom stereocenters. The zero-order chi connectivity index (χ0) is 20.4. The van der Waals surface area contributed by atoms with E-state index in [0.29, 0.717) is 18.0 Å². The van der Waals surface area contributed by atoms with Gasteiger partial charge in [0.05, 0.1) is 11.6 Å². The highest BCUT2D eigenvalue weighted by Gasteiger charge is 2.45. The Balaban J connectivity index is 2.14. The van der Waals surface area contributed by atoms with Gasteiger partial charge in [0, 0.05) is 16.6 Å². The molecule has 1 amide bonds. The summed E-state index contributed by atoms with van der Waals surface area (Å²) in [5.74, 6) is -0.938. The number of halogens is 1. The van der Waals surface area contributed by atoms with Crippen LogP contribution in [0.3, 0.4) is 0 Å². The number of nitrogens with zero attached hydrogens (tertiary/aromatic N) is 1. The summed E-state index contributed by atoms with van der Waals surface area (Å²) in [6.07, 6.45) is 0.728. The largest absolute Gasteiger partial charge is 0.507 e. The SMILES string of the molecule is CCCN1C(=O)C(=O)/C(=C(\O)c2ccc(Br)cc2)C1c1ccc(C(C)C)cc1. The first kappa shape index (κ1) is 20.3. The highest BCUT2D eigenvalue weighted by Crippen LogP contribution is 2.39. The lowest BCUT2D eigenvalue weighted by Crippen LogP contribution is -2.30. The molecular weight excluding hydrogens is 418 g/mol. The Morgan fingerprint density at radius 2 is 1.68 bits per heavy atom. The second-order valence-electron chi connectivity index (χ2n) is 7.32. The van der Waals surface area contributed by atoms with E-state index in [-0.39, 0.29) is 11.3 Å². The van der Waals surface area contributed by atoms with Gasteiger partial charge in [-0.15, -0.1) is 0 Å². The van der Waals surface area contributed by atoms with Gasteiger partial charge in [0.15, 0.2) is 0 Å². The van der Waals surface area contributed by atoms with Gasteiger partial charge in [-0.2, -0.15) is 0 Å². The zero-order valence-electron chi connectivity index (χ0n) is 16.3.